The molecule has 43 heavy (non-hydrogen) atoms. The van der Waals surface area contributed by atoms with E-state index in [1.54, 1.807) is 59.5 Å². The number of amides is 2. The normalized spacial score (nSPS) is 21.4. The van der Waals surface area contributed by atoms with Gasteiger partial charge in [-0.1, -0.05) is 66.5 Å². The van der Waals surface area contributed by atoms with Crippen LogP contribution in [-0.2, 0) is 24.3 Å². The van der Waals surface area contributed by atoms with Crippen LogP contribution in [0.25, 0.3) is 0 Å². The molecule has 2 N–H and O–H groups in total. The van der Waals surface area contributed by atoms with E-state index in [-0.39, 0.29) is 18.7 Å². The van der Waals surface area contributed by atoms with E-state index in [2.05, 4.69) is 0 Å². The highest BCUT2D eigenvalue weighted by molar-refractivity contribution is 7.93. The molecule has 4 atom stereocenters. The zero-order valence-corrected chi connectivity index (χ0v) is 25.7. The minimum Gasteiger partial charge on any atom is -0.370 e. The maximum absolute atomic E-state index is 15.2. The van der Waals surface area contributed by atoms with Crippen LogP contribution >= 0.6 is 23.2 Å². The third-order valence-corrected chi connectivity index (χ3v) is 10.6. The molecule has 5 rings (SSSR count). The summed E-state index contributed by atoms with van der Waals surface area (Å²) in [6.45, 7) is 1.62. The van der Waals surface area contributed by atoms with Crippen molar-refractivity contribution in [2.45, 2.75) is 62.1 Å². The van der Waals surface area contributed by atoms with Crippen molar-refractivity contribution in [2.75, 3.05) is 10.8 Å². The van der Waals surface area contributed by atoms with Gasteiger partial charge in [-0.25, -0.2) is 12.8 Å². The minimum atomic E-state index is -3.94. The van der Waals surface area contributed by atoms with Gasteiger partial charge >= 0.3 is 0 Å². The van der Waals surface area contributed by atoms with Gasteiger partial charge in [-0.3, -0.25) is 13.9 Å². The third kappa shape index (κ3) is 6.67. The van der Waals surface area contributed by atoms with Crippen molar-refractivity contribution in [2.24, 2.45) is 5.73 Å². The summed E-state index contributed by atoms with van der Waals surface area (Å²) in [5, 5.41) is 0.301. The summed E-state index contributed by atoms with van der Waals surface area (Å²) in [6.07, 6.45) is -1.16. The molecule has 1 saturated carbocycles. The second kappa shape index (κ2) is 12.8. The molecular formula is C31H32Cl2FN3O5S. The fourth-order valence-electron chi connectivity index (χ4n) is 5.57. The van der Waals surface area contributed by atoms with Crippen LogP contribution in [0.1, 0.15) is 55.9 Å². The first-order valence-electron chi connectivity index (χ1n) is 14.0. The molecule has 1 heterocycles. The Hall–Kier alpha value is -3.18. The van der Waals surface area contributed by atoms with E-state index in [1.165, 1.54) is 18.2 Å². The van der Waals surface area contributed by atoms with E-state index in [1.807, 2.05) is 6.92 Å². The number of ether oxygens (including phenoxy) is 1. The molecule has 1 aliphatic carbocycles. The molecule has 8 nitrogen and oxygen atoms in total. The van der Waals surface area contributed by atoms with Gasteiger partial charge in [0.1, 0.15) is 18.0 Å². The summed E-state index contributed by atoms with van der Waals surface area (Å²) < 4.78 is 50.0. The largest absolute Gasteiger partial charge is 0.370 e. The molecule has 12 heteroatoms. The van der Waals surface area contributed by atoms with Crippen LogP contribution in [0.4, 0.5) is 10.1 Å². The van der Waals surface area contributed by atoms with Gasteiger partial charge in [-0.05, 0) is 66.8 Å². The van der Waals surface area contributed by atoms with E-state index in [9.17, 15) is 18.0 Å². The smallest absolute Gasteiger partial charge is 0.253 e. The number of sulfonamides is 1. The summed E-state index contributed by atoms with van der Waals surface area (Å²) in [5.41, 5.74) is 6.75. The Labute approximate surface area is 260 Å². The van der Waals surface area contributed by atoms with Gasteiger partial charge in [0, 0.05) is 10.0 Å². The van der Waals surface area contributed by atoms with Crippen LogP contribution in [0, 0.1) is 5.82 Å². The number of rotatable bonds is 11. The second-order valence-corrected chi connectivity index (χ2v) is 13.8. The Balaban J connectivity index is 1.66. The molecule has 3 aromatic rings. The molecule has 2 amide bonds. The second-order valence-electron chi connectivity index (χ2n) is 10.8. The first kappa shape index (κ1) is 31.3. The predicted octanol–water partition coefficient (Wildman–Crippen LogP) is 5.80. The molecule has 3 aromatic carbocycles. The van der Waals surface area contributed by atoms with Crippen molar-refractivity contribution in [3.05, 3.63) is 99.8 Å². The van der Waals surface area contributed by atoms with Gasteiger partial charge in [0.05, 0.1) is 36.0 Å². The summed E-state index contributed by atoms with van der Waals surface area (Å²) in [7, 11) is -3.94. The number of hydrogen-bond acceptors (Lipinski definition) is 5. The summed E-state index contributed by atoms with van der Waals surface area (Å²) in [5.74, 6) is -1.95. The number of para-hydroxylation sites is 1. The molecule has 0 aromatic heterocycles. The SMILES string of the molecule is CC[C@H](CN(c1ccccc1F)S(=O)(=O)C1CC1)N1C(=O)[C@H](CC(N)=O)O[C@H](c2cccc(Cl)c2)[C@H]1c1ccc(Cl)cc1. The van der Waals surface area contributed by atoms with E-state index in [0.29, 0.717) is 40.4 Å². The summed E-state index contributed by atoms with van der Waals surface area (Å²) in [4.78, 5) is 27.9. The molecule has 228 valence electrons. The molecule has 0 radical (unpaired) electrons. The molecule has 2 fully saturated rings. The van der Waals surface area contributed by atoms with Gasteiger partial charge in [0.2, 0.25) is 15.9 Å². The lowest BCUT2D eigenvalue weighted by Gasteiger charge is -2.48. The number of benzene rings is 3. The van der Waals surface area contributed by atoms with Crippen LogP contribution in [0.3, 0.4) is 0 Å². The van der Waals surface area contributed by atoms with Crippen LogP contribution < -0.4 is 10.0 Å². The van der Waals surface area contributed by atoms with Crippen LogP contribution in [0.15, 0.2) is 72.8 Å². The van der Waals surface area contributed by atoms with Crippen molar-refractivity contribution in [1.29, 1.82) is 0 Å². The average Bonchev–Trinajstić information content (AvgIpc) is 3.82. The highest BCUT2D eigenvalue weighted by atomic mass is 35.5. The Kier molecular flexibility index (Phi) is 9.31. The molecule has 2 aliphatic rings. The van der Waals surface area contributed by atoms with Crippen LogP contribution in [0.5, 0.6) is 0 Å². The van der Waals surface area contributed by atoms with Crippen LogP contribution in [0.2, 0.25) is 10.0 Å². The molecule has 0 bridgehead atoms. The van der Waals surface area contributed by atoms with Gasteiger partial charge in [0.25, 0.3) is 5.91 Å². The number of nitrogens with zero attached hydrogens (tertiary/aromatic N) is 2. The van der Waals surface area contributed by atoms with Crippen molar-refractivity contribution in [3.8, 4) is 0 Å². The van der Waals surface area contributed by atoms with E-state index >= 15 is 4.39 Å². The monoisotopic (exact) mass is 647 g/mol. The lowest BCUT2D eigenvalue weighted by Crippen LogP contribution is -2.58. The maximum Gasteiger partial charge on any atom is 0.253 e. The fourth-order valence-corrected chi connectivity index (χ4v) is 7.79. The molecule has 0 spiro atoms. The number of carbonyl (C=O) groups excluding carboxylic acids is 2. The van der Waals surface area contributed by atoms with E-state index in [0.717, 1.165) is 4.31 Å². The number of halogens is 3. The Morgan fingerprint density at radius 1 is 1.05 bits per heavy atom. The Morgan fingerprint density at radius 3 is 2.35 bits per heavy atom. The topological polar surface area (TPSA) is 110 Å². The lowest BCUT2D eigenvalue weighted by atomic mass is 9.89. The quantitative estimate of drug-likeness (QED) is 0.283. The summed E-state index contributed by atoms with van der Waals surface area (Å²) in [6, 6.07) is 18.1. The number of morpholine rings is 1. The first-order valence-corrected chi connectivity index (χ1v) is 16.3. The number of carbonyl (C=O) groups is 2. The number of primary amides is 1. The zero-order valence-electron chi connectivity index (χ0n) is 23.4. The van der Waals surface area contributed by atoms with Crippen molar-refractivity contribution < 1.29 is 27.1 Å². The zero-order chi connectivity index (χ0) is 30.9. The van der Waals surface area contributed by atoms with Crippen molar-refractivity contribution >= 4 is 50.7 Å². The van der Waals surface area contributed by atoms with Gasteiger partial charge in [-0.15, -0.1) is 0 Å². The van der Waals surface area contributed by atoms with Crippen LogP contribution in [-0.4, -0.2) is 49.1 Å². The molecule has 1 aliphatic heterocycles. The lowest BCUT2D eigenvalue weighted by molar-refractivity contribution is -0.180. The number of hydrogen-bond donors (Lipinski definition) is 1. The summed E-state index contributed by atoms with van der Waals surface area (Å²) >= 11 is 12.6. The van der Waals surface area contributed by atoms with Gasteiger partial charge in [-0.2, -0.15) is 0 Å². The highest BCUT2D eigenvalue weighted by Gasteiger charge is 2.49. The standard InChI is InChI=1S/C31H32Cl2FN3O5S/c1-2-23(18-36(43(40,41)24-14-15-24)26-9-4-3-8-25(26)34)37-29(19-10-12-21(32)13-11-19)30(20-6-5-7-22(33)16-20)42-27(31(37)39)17-28(35)38/h3-13,16,23-24,27,29-30H,2,14-15,17-18H2,1H3,(H2,35,38)/t23-,27+,29-,30-/m1/s1. The highest BCUT2D eigenvalue weighted by Crippen LogP contribution is 2.45. The number of anilines is 1. The molecule has 0 unspecified atom stereocenters. The average molecular weight is 649 g/mol. The Bertz CT molecular complexity index is 1600. The minimum absolute atomic E-state index is 0.0864. The fraction of sp³-hybridized carbons (Fsp3) is 0.355. The molecule has 1 saturated heterocycles. The van der Waals surface area contributed by atoms with Gasteiger partial charge in [0.15, 0.2) is 0 Å². The van der Waals surface area contributed by atoms with E-state index < -0.39 is 57.2 Å². The Morgan fingerprint density at radius 2 is 1.74 bits per heavy atom. The van der Waals surface area contributed by atoms with Gasteiger partial charge < -0.3 is 15.4 Å². The number of nitrogens with two attached hydrogens (primary N) is 1. The van der Waals surface area contributed by atoms with Crippen molar-refractivity contribution in [3.63, 3.8) is 0 Å². The maximum atomic E-state index is 15.2. The third-order valence-electron chi connectivity index (χ3n) is 7.82. The van der Waals surface area contributed by atoms with E-state index in [4.69, 9.17) is 33.7 Å². The molecular weight excluding hydrogens is 616 g/mol. The predicted molar refractivity (Wildman–Crippen MR) is 164 cm³/mol. The van der Waals surface area contributed by atoms with Crippen molar-refractivity contribution in [1.82, 2.24) is 4.90 Å². The first-order chi connectivity index (χ1) is 20.5.